The van der Waals surface area contributed by atoms with Gasteiger partial charge < -0.3 is 9.80 Å². The van der Waals surface area contributed by atoms with E-state index in [9.17, 15) is 4.79 Å². The van der Waals surface area contributed by atoms with Crippen molar-refractivity contribution in [2.24, 2.45) is 0 Å². The smallest absolute Gasteiger partial charge is 0.149 e. The summed E-state index contributed by atoms with van der Waals surface area (Å²) in [5, 5.41) is 1.23. The van der Waals surface area contributed by atoms with Crippen molar-refractivity contribution in [2.75, 3.05) is 48.7 Å². The van der Waals surface area contributed by atoms with Crippen LogP contribution in [0.5, 0.6) is 0 Å². The van der Waals surface area contributed by atoms with Crippen molar-refractivity contribution in [3.8, 4) is 0 Å². The molecule has 2 aromatic rings. The molecule has 2 unspecified atom stereocenters. The maximum Gasteiger partial charge on any atom is 0.149 e. The standard InChI is InChI=1S/C21H26Br2N2O/c1-24(2)17-9-5-15(6-10-17)19(13-22)21(26)20(14-23)16-7-11-18(12-8-16)25(3)4/h5-12,19-20H,13-14H2,1-4H3. The average molecular weight is 482 g/mol. The van der Waals surface area contributed by atoms with Gasteiger partial charge >= 0.3 is 0 Å². The summed E-state index contributed by atoms with van der Waals surface area (Å²) in [6, 6.07) is 16.5. The number of Topliss-reactive ketones (excluding diaryl/α,β-unsaturated/α-hetero) is 1. The number of alkyl halides is 2. The molecular formula is C21H26Br2N2O. The number of hydrogen-bond donors (Lipinski definition) is 0. The molecule has 0 N–H and O–H groups in total. The number of halogens is 2. The van der Waals surface area contributed by atoms with Crippen molar-refractivity contribution >= 4 is 49.0 Å². The summed E-state index contributed by atoms with van der Waals surface area (Å²) in [6.07, 6.45) is 0. The van der Waals surface area contributed by atoms with Crippen LogP contribution in [0, 0.1) is 0 Å². The summed E-state index contributed by atoms with van der Waals surface area (Å²) in [6.45, 7) is 0. The highest BCUT2D eigenvalue weighted by Crippen LogP contribution is 2.31. The Kier molecular flexibility index (Phi) is 7.71. The van der Waals surface area contributed by atoms with Crippen LogP contribution < -0.4 is 9.80 Å². The zero-order valence-corrected chi connectivity index (χ0v) is 18.9. The number of rotatable bonds is 8. The van der Waals surface area contributed by atoms with Crippen LogP contribution in [-0.4, -0.2) is 44.6 Å². The molecule has 0 aliphatic rings. The first-order valence-corrected chi connectivity index (χ1v) is 10.8. The van der Waals surface area contributed by atoms with Gasteiger partial charge in [-0.25, -0.2) is 0 Å². The Morgan fingerprint density at radius 3 is 1.27 bits per heavy atom. The van der Waals surface area contributed by atoms with E-state index in [1.165, 1.54) is 0 Å². The van der Waals surface area contributed by atoms with Gasteiger partial charge in [-0.2, -0.15) is 0 Å². The zero-order valence-electron chi connectivity index (χ0n) is 15.7. The van der Waals surface area contributed by atoms with Gasteiger partial charge in [0.2, 0.25) is 0 Å². The predicted molar refractivity (Wildman–Crippen MR) is 120 cm³/mol. The number of nitrogens with zero attached hydrogens (tertiary/aromatic N) is 2. The molecule has 0 heterocycles. The Bertz CT molecular complexity index is 650. The minimum Gasteiger partial charge on any atom is -0.378 e. The van der Waals surface area contributed by atoms with Gasteiger partial charge in [0.15, 0.2) is 0 Å². The number of benzene rings is 2. The zero-order chi connectivity index (χ0) is 19.3. The molecule has 0 aliphatic heterocycles. The Labute approximate surface area is 173 Å². The first-order chi connectivity index (χ1) is 12.4. The van der Waals surface area contributed by atoms with E-state index in [0.717, 1.165) is 22.5 Å². The molecule has 2 rings (SSSR count). The van der Waals surface area contributed by atoms with Gasteiger partial charge in [0.25, 0.3) is 0 Å². The van der Waals surface area contributed by atoms with Crippen molar-refractivity contribution < 1.29 is 4.79 Å². The van der Waals surface area contributed by atoms with Crippen LogP contribution in [-0.2, 0) is 4.79 Å². The molecule has 5 heteroatoms. The number of anilines is 2. The molecule has 0 saturated carbocycles. The van der Waals surface area contributed by atoms with E-state index in [2.05, 4.69) is 90.2 Å². The van der Waals surface area contributed by atoms with Crippen molar-refractivity contribution in [3.05, 3.63) is 59.7 Å². The van der Waals surface area contributed by atoms with Gasteiger partial charge in [-0.3, -0.25) is 4.79 Å². The Balaban J connectivity index is 2.26. The quantitative estimate of drug-likeness (QED) is 0.493. The van der Waals surface area contributed by atoms with E-state index in [1.807, 2.05) is 28.2 Å². The number of ketones is 1. The molecule has 2 atom stereocenters. The molecule has 0 aromatic heterocycles. The fraction of sp³-hybridized carbons (Fsp3) is 0.381. The fourth-order valence-electron chi connectivity index (χ4n) is 2.91. The first-order valence-electron chi connectivity index (χ1n) is 8.59. The van der Waals surface area contributed by atoms with Gasteiger partial charge in [0.05, 0.1) is 11.8 Å². The van der Waals surface area contributed by atoms with E-state index in [1.54, 1.807) is 0 Å². The molecular weight excluding hydrogens is 456 g/mol. The summed E-state index contributed by atoms with van der Waals surface area (Å²) in [5.41, 5.74) is 4.36. The fourth-order valence-corrected chi connectivity index (χ4v) is 4.30. The number of carbonyl (C=O) groups is 1. The SMILES string of the molecule is CN(C)c1ccc(C(CBr)C(=O)C(CBr)c2ccc(N(C)C)cc2)cc1. The predicted octanol–water partition coefficient (Wildman–Crippen LogP) is 5.04. The minimum absolute atomic E-state index is 0.165. The van der Waals surface area contributed by atoms with E-state index < -0.39 is 0 Å². The van der Waals surface area contributed by atoms with E-state index >= 15 is 0 Å². The normalized spacial score (nSPS) is 13.2. The van der Waals surface area contributed by atoms with Gasteiger partial charge in [-0.05, 0) is 35.4 Å². The van der Waals surface area contributed by atoms with Crippen molar-refractivity contribution in [3.63, 3.8) is 0 Å². The lowest BCUT2D eigenvalue weighted by atomic mass is 9.85. The third-order valence-electron chi connectivity index (χ3n) is 4.62. The topological polar surface area (TPSA) is 23.6 Å². The summed E-state index contributed by atoms with van der Waals surface area (Å²) in [4.78, 5) is 17.4. The van der Waals surface area contributed by atoms with Crippen molar-refractivity contribution in [1.82, 2.24) is 0 Å². The largest absolute Gasteiger partial charge is 0.378 e. The molecule has 0 radical (unpaired) electrons. The van der Waals surface area contributed by atoms with Crippen molar-refractivity contribution in [1.29, 1.82) is 0 Å². The Hall–Kier alpha value is -1.33. The van der Waals surface area contributed by atoms with Gasteiger partial charge in [0, 0.05) is 50.2 Å². The lowest BCUT2D eigenvalue weighted by molar-refractivity contribution is -0.121. The van der Waals surface area contributed by atoms with Gasteiger partial charge in [0.1, 0.15) is 5.78 Å². The van der Waals surface area contributed by atoms with Crippen LogP contribution in [0.4, 0.5) is 11.4 Å². The van der Waals surface area contributed by atoms with Crippen molar-refractivity contribution in [2.45, 2.75) is 11.8 Å². The van der Waals surface area contributed by atoms with E-state index in [-0.39, 0.29) is 17.6 Å². The minimum atomic E-state index is -0.165. The highest BCUT2D eigenvalue weighted by Gasteiger charge is 2.28. The molecule has 0 fully saturated rings. The summed E-state index contributed by atoms with van der Waals surface area (Å²) in [5.74, 6) is -0.0986. The highest BCUT2D eigenvalue weighted by molar-refractivity contribution is 9.09. The van der Waals surface area contributed by atoms with Crippen LogP contribution in [0.3, 0.4) is 0 Å². The Morgan fingerprint density at radius 1 is 0.731 bits per heavy atom. The molecule has 140 valence electrons. The van der Waals surface area contributed by atoms with Crippen LogP contribution in [0.25, 0.3) is 0 Å². The second-order valence-corrected chi connectivity index (χ2v) is 8.08. The molecule has 0 aliphatic carbocycles. The number of carbonyl (C=O) groups excluding carboxylic acids is 1. The van der Waals surface area contributed by atoms with Gasteiger partial charge in [-0.1, -0.05) is 56.1 Å². The lowest BCUT2D eigenvalue weighted by Crippen LogP contribution is -2.23. The molecule has 3 nitrogen and oxygen atoms in total. The lowest BCUT2D eigenvalue weighted by Gasteiger charge is -2.22. The second kappa shape index (κ2) is 9.56. The molecule has 0 bridgehead atoms. The van der Waals surface area contributed by atoms with Gasteiger partial charge in [-0.15, -0.1) is 0 Å². The van der Waals surface area contributed by atoms with Crippen LogP contribution >= 0.6 is 31.9 Å². The molecule has 2 aromatic carbocycles. The number of hydrogen-bond acceptors (Lipinski definition) is 3. The molecule has 0 saturated heterocycles. The maximum absolute atomic E-state index is 13.3. The summed E-state index contributed by atoms with van der Waals surface area (Å²) in [7, 11) is 8.06. The highest BCUT2D eigenvalue weighted by atomic mass is 79.9. The maximum atomic E-state index is 13.3. The molecule has 0 amide bonds. The third-order valence-corrected chi connectivity index (χ3v) is 5.91. The first kappa shape index (κ1) is 21.0. The summed E-state index contributed by atoms with van der Waals surface area (Å²) < 4.78 is 0. The van der Waals surface area contributed by atoms with E-state index in [4.69, 9.17) is 0 Å². The van der Waals surface area contributed by atoms with Crippen LogP contribution in [0.2, 0.25) is 0 Å². The van der Waals surface area contributed by atoms with Crippen LogP contribution in [0.1, 0.15) is 23.0 Å². The van der Waals surface area contributed by atoms with E-state index in [0.29, 0.717) is 10.7 Å². The molecule has 26 heavy (non-hydrogen) atoms. The van der Waals surface area contributed by atoms with Crippen LogP contribution in [0.15, 0.2) is 48.5 Å². The third kappa shape index (κ3) is 4.89. The summed E-state index contributed by atoms with van der Waals surface area (Å²) >= 11 is 7.10. The monoisotopic (exact) mass is 480 g/mol. The second-order valence-electron chi connectivity index (χ2n) is 6.79. The average Bonchev–Trinajstić information content (AvgIpc) is 2.64. The Morgan fingerprint density at radius 2 is 1.04 bits per heavy atom. The molecule has 0 spiro atoms.